The number of rotatable bonds is 17. The van der Waals surface area contributed by atoms with Crippen LogP contribution in [0.15, 0.2) is 212 Å². The van der Waals surface area contributed by atoms with Gasteiger partial charge in [0.05, 0.1) is 0 Å². The molecular weight excluding hydrogens is 984 g/mol. The molecule has 0 fully saturated rings. The van der Waals surface area contributed by atoms with Crippen molar-refractivity contribution in [2.45, 2.75) is 52.4 Å². The Balaban J connectivity index is 0.779. The van der Waals surface area contributed by atoms with Crippen LogP contribution in [0.5, 0.6) is 34.5 Å². The number of aryl methyl sites for hydroxylation is 1. The van der Waals surface area contributed by atoms with Crippen LogP contribution in [0.4, 0.5) is 0 Å². The highest BCUT2D eigenvalue weighted by molar-refractivity contribution is 7.60. The minimum atomic E-state index is -4.67. The van der Waals surface area contributed by atoms with Gasteiger partial charge in [-0.15, -0.1) is 0 Å². The Morgan fingerprint density at radius 2 is 0.662 bits per heavy atom. The second kappa shape index (κ2) is 21.8. The van der Waals surface area contributed by atoms with Crippen molar-refractivity contribution < 1.29 is 47.7 Å². The van der Waals surface area contributed by atoms with Gasteiger partial charge in [0.25, 0.3) is 0 Å². The second-order valence-electron chi connectivity index (χ2n) is 20.4. The number of hydrogen-bond donors (Lipinski definition) is 2. The van der Waals surface area contributed by atoms with Crippen LogP contribution in [0.3, 0.4) is 0 Å². The van der Waals surface area contributed by atoms with Gasteiger partial charge in [0, 0.05) is 49.9 Å². The second-order valence-corrected chi connectivity index (χ2v) is 21.9. The summed E-state index contributed by atoms with van der Waals surface area (Å²) in [7, 11) is -4.67. The van der Waals surface area contributed by atoms with Crippen LogP contribution in [0.2, 0.25) is 0 Å². The fraction of sp³-hybridized carbons (Fsp3) is 0.121. The van der Waals surface area contributed by atoms with Crippen molar-refractivity contribution in [1.29, 1.82) is 0 Å². The van der Waals surface area contributed by atoms with Gasteiger partial charge in [0.2, 0.25) is 0 Å². The molecule has 10 nitrogen and oxygen atoms in total. The van der Waals surface area contributed by atoms with E-state index in [1.165, 1.54) is 12.1 Å². The lowest BCUT2D eigenvalue weighted by Crippen LogP contribution is -2.18. The van der Waals surface area contributed by atoms with E-state index in [2.05, 4.69) is 13.8 Å². The molecular formula is C66H55O10P. The molecule has 0 aliphatic rings. The first-order valence-electron chi connectivity index (χ1n) is 24.9. The van der Waals surface area contributed by atoms with E-state index in [0.29, 0.717) is 67.5 Å². The lowest BCUT2D eigenvalue weighted by atomic mass is 9.78. The summed E-state index contributed by atoms with van der Waals surface area (Å²) < 4.78 is 30.6. The summed E-state index contributed by atoms with van der Waals surface area (Å²) in [5, 5.41) is -0.221. The van der Waals surface area contributed by atoms with Crippen LogP contribution in [0.25, 0.3) is 0 Å². The first-order chi connectivity index (χ1) is 36.7. The Labute approximate surface area is 447 Å². The van der Waals surface area contributed by atoms with E-state index in [1.807, 2.05) is 88.4 Å². The monoisotopic (exact) mass is 1040 g/mol. The SMILES string of the molecule is Cc1ccc(C(=O)c2cccc(C(=O)c3ccc(Oc4ccc(C(C)(C)c5ccc(Oc6ccc(C(=O)c7cccc(C(=O)c8ccc(Oc9ccc(C(C)(C)C)cc9P(=O)(O)O)cc8)c7)cc6)cc5)cc4)cc3)c2)cc1. The van der Waals surface area contributed by atoms with E-state index in [0.717, 1.165) is 22.3 Å². The molecule has 77 heavy (non-hydrogen) atoms. The molecule has 11 heteroatoms. The lowest BCUT2D eigenvalue weighted by Gasteiger charge is -2.26. The fourth-order valence-electron chi connectivity index (χ4n) is 8.74. The molecule has 2 N–H and O–H groups in total. The van der Waals surface area contributed by atoms with Gasteiger partial charge in [-0.2, -0.15) is 0 Å². The zero-order valence-corrected chi connectivity index (χ0v) is 44.2. The van der Waals surface area contributed by atoms with Gasteiger partial charge in [-0.05, 0) is 150 Å². The van der Waals surface area contributed by atoms with Crippen LogP contribution in [0.1, 0.15) is 121 Å². The molecule has 0 atom stereocenters. The van der Waals surface area contributed by atoms with Crippen LogP contribution in [-0.2, 0) is 15.4 Å². The number of ketones is 4. The van der Waals surface area contributed by atoms with Gasteiger partial charge >= 0.3 is 7.60 Å². The summed E-state index contributed by atoms with van der Waals surface area (Å²) in [6.07, 6.45) is 0. The fourth-order valence-corrected chi connectivity index (χ4v) is 9.46. The molecule has 0 aliphatic heterocycles. The standard InChI is InChI=1S/C66H55O10P/c1-42-13-15-43(16-14-42)61(67)47-9-7-10-48(39-47)62(68)44-17-28-54(29-18-44)74-56-34-23-51(24-35-56)66(5,6)52-25-36-57(37-26-52)75-55-30-19-45(20-31-55)63(69)49-11-8-12-50(40-49)64(70)46-21-32-58(33-22-46)76-59-38-27-53(65(2,3)4)41-60(59)77(71,72)73/h7-41H,1-6H3,(H2,71,72,73). The first kappa shape index (κ1) is 53.1. The highest BCUT2D eigenvalue weighted by Crippen LogP contribution is 2.41. The van der Waals surface area contributed by atoms with Crippen LogP contribution >= 0.6 is 7.60 Å². The van der Waals surface area contributed by atoms with E-state index >= 15 is 0 Å². The summed E-state index contributed by atoms with van der Waals surface area (Å²) in [5.74, 6) is 1.76. The van der Waals surface area contributed by atoms with Crippen molar-refractivity contribution in [2.75, 3.05) is 0 Å². The van der Waals surface area contributed by atoms with Crippen LogP contribution < -0.4 is 19.5 Å². The summed E-state index contributed by atoms with van der Waals surface area (Å²) in [4.78, 5) is 73.9. The number of carbonyl (C=O) groups excluding carboxylic acids is 4. The number of ether oxygens (including phenoxy) is 3. The van der Waals surface area contributed by atoms with E-state index in [9.17, 15) is 33.5 Å². The zero-order chi connectivity index (χ0) is 54.6. The maximum atomic E-state index is 13.7. The average molecular weight is 1040 g/mol. The molecule has 9 aromatic carbocycles. The normalized spacial score (nSPS) is 11.6. The molecule has 0 amide bonds. The number of hydrogen-bond acceptors (Lipinski definition) is 8. The molecule has 0 bridgehead atoms. The van der Waals surface area contributed by atoms with Crippen molar-refractivity contribution in [2.24, 2.45) is 0 Å². The summed E-state index contributed by atoms with van der Waals surface area (Å²) >= 11 is 0. The predicted octanol–water partition coefficient (Wildman–Crippen LogP) is 14.7. The highest BCUT2D eigenvalue weighted by Gasteiger charge is 2.27. The van der Waals surface area contributed by atoms with Gasteiger partial charge in [-0.1, -0.05) is 131 Å². The Kier molecular flexibility index (Phi) is 15.0. The third kappa shape index (κ3) is 12.3. The first-order valence-corrected chi connectivity index (χ1v) is 26.5. The van der Waals surface area contributed by atoms with Crippen LogP contribution in [0, 0.1) is 6.92 Å². The molecule has 0 saturated carbocycles. The molecule has 0 unspecified atom stereocenters. The van der Waals surface area contributed by atoms with Crippen molar-refractivity contribution in [1.82, 2.24) is 0 Å². The third-order valence-electron chi connectivity index (χ3n) is 13.4. The molecule has 9 rings (SSSR count). The molecule has 0 spiro atoms. The van der Waals surface area contributed by atoms with Gasteiger partial charge in [-0.3, -0.25) is 23.7 Å². The molecule has 0 saturated heterocycles. The number of carbonyl (C=O) groups is 4. The van der Waals surface area contributed by atoms with Gasteiger partial charge in [0.15, 0.2) is 23.1 Å². The predicted molar refractivity (Wildman–Crippen MR) is 299 cm³/mol. The van der Waals surface area contributed by atoms with Crippen LogP contribution in [-0.4, -0.2) is 32.9 Å². The summed E-state index contributed by atoms with van der Waals surface area (Å²) in [6.45, 7) is 12.1. The molecule has 0 radical (unpaired) electrons. The quantitative estimate of drug-likeness (QED) is 0.0665. The van der Waals surface area contributed by atoms with Gasteiger partial charge in [-0.25, -0.2) is 0 Å². The maximum absolute atomic E-state index is 13.7. The van der Waals surface area contributed by atoms with Crippen molar-refractivity contribution in [3.05, 3.63) is 279 Å². The van der Waals surface area contributed by atoms with Crippen molar-refractivity contribution in [3.63, 3.8) is 0 Å². The van der Waals surface area contributed by atoms with Crippen molar-refractivity contribution >= 4 is 36.0 Å². The molecule has 0 aliphatic carbocycles. The molecule has 9 aromatic rings. The van der Waals surface area contributed by atoms with E-state index in [1.54, 1.807) is 140 Å². The largest absolute Gasteiger partial charge is 0.457 e. The minimum Gasteiger partial charge on any atom is -0.457 e. The Morgan fingerprint density at radius 3 is 0.987 bits per heavy atom. The Hall–Kier alpha value is -8.79. The summed E-state index contributed by atoms with van der Waals surface area (Å²) in [6, 6.07) is 61.1. The smallest absolute Gasteiger partial charge is 0.359 e. The third-order valence-corrected chi connectivity index (χ3v) is 14.4. The lowest BCUT2D eigenvalue weighted by molar-refractivity contribution is 0.102. The minimum absolute atomic E-state index is 0.0202. The van der Waals surface area contributed by atoms with E-state index in [-0.39, 0.29) is 50.8 Å². The van der Waals surface area contributed by atoms with Gasteiger partial charge < -0.3 is 24.0 Å². The van der Waals surface area contributed by atoms with Crippen molar-refractivity contribution in [3.8, 4) is 34.5 Å². The molecule has 0 aromatic heterocycles. The highest BCUT2D eigenvalue weighted by atomic mass is 31.2. The zero-order valence-electron chi connectivity index (χ0n) is 43.3. The van der Waals surface area contributed by atoms with Gasteiger partial charge in [0.1, 0.15) is 39.8 Å². The topological polar surface area (TPSA) is 154 Å². The molecule has 384 valence electrons. The van der Waals surface area contributed by atoms with E-state index in [4.69, 9.17) is 14.2 Å². The molecule has 0 heterocycles. The maximum Gasteiger partial charge on any atom is 0.359 e. The van der Waals surface area contributed by atoms with E-state index < -0.39 is 7.60 Å². The average Bonchev–Trinajstić information content (AvgIpc) is 3.44. The Morgan fingerprint density at radius 1 is 0.364 bits per heavy atom. The Bertz CT molecular complexity index is 3700. The summed E-state index contributed by atoms with van der Waals surface area (Å²) in [5.41, 5.74) is 6.56. The number of benzene rings is 9.